The quantitative estimate of drug-likeness (QED) is 0.856. The van der Waals surface area contributed by atoms with Crippen LogP contribution in [0.15, 0.2) is 30.3 Å². The molecule has 0 spiro atoms. The van der Waals surface area contributed by atoms with Crippen LogP contribution in [0.25, 0.3) is 0 Å². The number of hydrogen-bond donors (Lipinski definition) is 0. The van der Waals surface area contributed by atoms with Gasteiger partial charge in [-0.25, -0.2) is 4.39 Å². The predicted octanol–water partition coefficient (Wildman–Crippen LogP) is 2.87. The number of halogens is 1. The maximum absolute atomic E-state index is 14.0. The number of benzene rings is 1. The van der Waals surface area contributed by atoms with Gasteiger partial charge in [0.25, 0.3) is 5.91 Å². The van der Waals surface area contributed by atoms with Crippen molar-refractivity contribution in [1.82, 2.24) is 19.6 Å². The highest BCUT2D eigenvalue weighted by Crippen LogP contribution is 2.24. The summed E-state index contributed by atoms with van der Waals surface area (Å²) in [6.07, 6.45) is 0. The number of aryl methyl sites for hydroxylation is 2. The zero-order valence-corrected chi connectivity index (χ0v) is 15.1. The predicted molar refractivity (Wildman–Crippen MR) is 94.9 cm³/mol. The number of rotatable bonds is 4. The molecular formula is C19H25FN4O. The van der Waals surface area contributed by atoms with E-state index in [1.165, 1.54) is 6.07 Å². The molecule has 0 aliphatic carbocycles. The van der Waals surface area contributed by atoms with Gasteiger partial charge in [-0.05, 0) is 32.9 Å². The van der Waals surface area contributed by atoms with Crippen LogP contribution in [0.4, 0.5) is 4.39 Å². The van der Waals surface area contributed by atoms with Crippen LogP contribution in [-0.4, -0.2) is 51.7 Å². The van der Waals surface area contributed by atoms with Crippen LogP contribution in [0.2, 0.25) is 0 Å². The van der Waals surface area contributed by atoms with E-state index in [9.17, 15) is 9.18 Å². The molecule has 0 bridgehead atoms. The van der Waals surface area contributed by atoms with Crippen molar-refractivity contribution >= 4 is 5.91 Å². The average molecular weight is 344 g/mol. The molecule has 1 aliphatic heterocycles. The van der Waals surface area contributed by atoms with Gasteiger partial charge in [-0.2, -0.15) is 5.10 Å². The average Bonchev–Trinajstić information content (AvgIpc) is 3.02. The first-order chi connectivity index (χ1) is 12.0. The summed E-state index contributed by atoms with van der Waals surface area (Å²) < 4.78 is 15.8. The summed E-state index contributed by atoms with van der Waals surface area (Å²) in [6.45, 7) is 9.34. The lowest BCUT2D eigenvalue weighted by Crippen LogP contribution is -2.49. The lowest BCUT2D eigenvalue weighted by atomic mass is 10.1. The first-order valence-corrected chi connectivity index (χ1v) is 8.83. The van der Waals surface area contributed by atoms with E-state index in [0.717, 1.165) is 18.8 Å². The highest BCUT2D eigenvalue weighted by molar-refractivity contribution is 5.92. The third kappa shape index (κ3) is 3.58. The molecule has 25 heavy (non-hydrogen) atoms. The minimum Gasteiger partial charge on any atom is -0.335 e. The summed E-state index contributed by atoms with van der Waals surface area (Å²) in [4.78, 5) is 16.9. The lowest BCUT2D eigenvalue weighted by Gasteiger charge is -2.38. The fraction of sp³-hybridized carbons (Fsp3) is 0.474. The number of piperazine rings is 1. The molecule has 2 heterocycles. The monoisotopic (exact) mass is 344 g/mol. The second kappa shape index (κ2) is 7.35. The molecule has 1 fully saturated rings. The second-order valence-corrected chi connectivity index (χ2v) is 6.51. The van der Waals surface area contributed by atoms with E-state index in [2.05, 4.69) is 10.00 Å². The van der Waals surface area contributed by atoms with Gasteiger partial charge in [-0.15, -0.1) is 0 Å². The maximum Gasteiger partial charge on any atom is 0.272 e. The third-order valence-electron chi connectivity index (χ3n) is 4.93. The van der Waals surface area contributed by atoms with E-state index in [0.29, 0.717) is 30.9 Å². The van der Waals surface area contributed by atoms with Gasteiger partial charge in [0.15, 0.2) is 0 Å². The standard InChI is InChI=1S/C19H25FN4O/c1-4-24-18(13-14(2)21-24)19(25)23-11-9-22(10-12-23)15(3)16-7-5-6-8-17(16)20/h5-8,13,15H,4,9-12H2,1-3H3/t15-/m0/s1. The summed E-state index contributed by atoms with van der Waals surface area (Å²) in [5.41, 5.74) is 2.22. The molecule has 0 unspecified atom stereocenters. The van der Waals surface area contributed by atoms with Gasteiger partial charge in [0.05, 0.1) is 5.69 Å². The third-order valence-corrected chi connectivity index (χ3v) is 4.93. The smallest absolute Gasteiger partial charge is 0.272 e. The molecule has 134 valence electrons. The molecule has 0 saturated carbocycles. The van der Waals surface area contributed by atoms with Crippen molar-refractivity contribution < 1.29 is 9.18 Å². The largest absolute Gasteiger partial charge is 0.335 e. The summed E-state index contributed by atoms with van der Waals surface area (Å²) in [6, 6.07) is 8.76. The summed E-state index contributed by atoms with van der Waals surface area (Å²) in [5, 5.41) is 4.35. The fourth-order valence-electron chi connectivity index (χ4n) is 3.44. The van der Waals surface area contributed by atoms with Gasteiger partial charge < -0.3 is 4.90 Å². The van der Waals surface area contributed by atoms with Crippen LogP contribution < -0.4 is 0 Å². The van der Waals surface area contributed by atoms with E-state index in [-0.39, 0.29) is 17.8 Å². The Morgan fingerprint density at radius 3 is 2.56 bits per heavy atom. The van der Waals surface area contributed by atoms with Gasteiger partial charge in [-0.3, -0.25) is 14.4 Å². The van der Waals surface area contributed by atoms with Crippen molar-refractivity contribution in [2.75, 3.05) is 26.2 Å². The Bertz CT molecular complexity index is 750. The molecule has 1 amide bonds. The minimum atomic E-state index is -0.171. The number of carbonyl (C=O) groups excluding carboxylic acids is 1. The van der Waals surface area contributed by atoms with Crippen LogP contribution in [0.5, 0.6) is 0 Å². The molecule has 6 heteroatoms. The summed E-state index contributed by atoms with van der Waals surface area (Å²) in [5.74, 6) is -0.142. The molecule has 5 nitrogen and oxygen atoms in total. The first kappa shape index (κ1) is 17.6. The van der Waals surface area contributed by atoms with E-state index < -0.39 is 0 Å². The summed E-state index contributed by atoms with van der Waals surface area (Å²) >= 11 is 0. The number of carbonyl (C=O) groups is 1. The normalized spacial score (nSPS) is 16.9. The van der Waals surface area contributed by atoms with Crippen LogP contribution in [0.1, 0.15) is 41.6 Å². The van der Waals surface area contributed by atoms with Crippen molar-refractivity contribution in [2.24, 2.45) is 0 Å². The molecule has 2 aromatic rings. The highest BCUT2D eigenvalue weighted by atomic mass is 19.1. The number of hydrogen-bond acceptors (Lipinski definition) is 3. The zero-order chi connectivity index (χ0) is 18.0. The first-order valence-electron chi connectivity index (χ1n) is 8.83. The Balaban J connectivity index is 1.65. The van der Waals surface area contributed by atoms with Crippen molar-refractivity contribution in [3.8, 4) is 0 Å². The zero-order valence-electron chi connectivity index (χ0n) is 15.1. The van der Waals surface area contributed by atoms with Crippen molar-refractivity contribution in [3.05, 3.63) is 53.1 Å². The molecule has 0 radical (unpaired) electrons. The van der Waals surface area contributed by atoms with E-state index >= 15 is 0 Å². The summed E-state index contributed by atoms with van der Waals surface area (Å²) in [7, 11) is 0. The van der Waals surface area contributed by atoms with Crippen molar-refractivity contribution in [2.45, 2.75) is 33.4 Å². The Kier molecular flexibility index (Phi) is 5.18. The fourth-order valence-corrected chi connectivity index (χ4v) is 3.44. The molecular weight excluding hydrogens is 319 g/mol. The molecule has 1 atom stereocenters. The van der Waals surface area contributed by atoms with Gasteiger partial charge in [0.1, 0.15) is 11.5 Å². The molecule has 0 N–H and O–H groups in total. The minimum absolute atomic E-state index is 0.00173. The van der Waals surface area contributed by atoms with Gasteiger partial charge in [0, 0.05) is 44.3 Å². The molecule has 1 saturated heterocycles. The van der Waals surface area contributed by atoms with Crippen LogP contribution >= 0.6 is 0 Å². The SMILES string of the molecule is CCn1nc(C)cc1C(=O)N1CCN([C@@H](C)c2ccccc2F)CC1. The number of amides is 1. The number of nitrogens with zero attached hydrogens (tertiary/aromatic N) is 4. The Morgan fingerprint density at radius 1 is 1.24 bits per heavy atom. The van der Waals surface area contributed by atoms with Crippen molar-refractivity contribution in [3.63, 3.8) is 0 Å². The molecule has 3 rings (SSSR count). The topological polar surface area (TPSA) is 41.4 Å². The lowest BCUT2D eigenvalue weighted by molar-refractivity contribution is 0.0568. The van der Waals surface area contributed by atoms with Crippen LogP contribution in [-0.2, 0) is 6.54 Å². The van der Waals surface area contributed by atoms with Gasteiger partial charge in [0.2, 0.25) is 0 Å². The molecule has 1 aromatic heterocycles. The molecule has 1 aliphatic rings. The van der Waals surface area contributed by atoms with E-state index in [1.54, 1.807) is 10.7 Å². The Hall–Kier alpha value is -2.21. The maximum atomic E-state index is 14.0. The van der Waals surface area contributed by atoms with Crippen LogP contribution in [0.3, 0.4) is 0 Å². The van der Waals surface area contributed by atoms with Gasteiger partial charge in [-0.1, -0.05) is 18.2 Å². The Labute approximate surface area is 148 Å². The van der Waals surface area contributed by atoms with Crippen molar-refractivity contribution in [1.29, 1.82) is 0 Å². The molecule has 1 aromatic carbocycles. The second-order valence-electron chi connectivity index (χ2n) is 6.51. The van der Waals surface area contributed by atoms with E-state index in [1.807, 2.05) is 43.9 Å². The van der Waals surface area contributed by atoms with Gasteiger partial charge >= 0.3 is 0 Å². The van der Waals surface area contributed by atoms with E-state index in [4.69, 9.17) is 0 Å². The highest BCUT2D eigenvalue weighted by Gasteiger charge is 2.27. The Morgan fingerprint density at radius 2 is 1.92 bits per heavy atom. The number of aromatic nitrogens is 2. The van der Waals surface area contributed by atoms with Crippen LogP contribution in [0, 0.1) is 12.7 Å².